The molecule has 2 heterocycles. The summed E-state index contributed by atoms with van der Waals surface area (Å²) in [5.41, 5.74) is 0.244. The minimum absolute atomic E-state index is 0.136. The molecule has 0 saturated carbocycles. The molecular weight excluding hydrogens is 250 g/mol. The Bertz CT molecular complexity index is 676. The lowest BCUT2D eigenvalue weighted by atomic mass is 10.1. The molecule has 5 heteroatoms. The molecule has 0 unspecified atom stereocenters. The second-order valence-electron chi connectivity index (χ2n) is 4.11. The van der Waals surface area contributed by atoms with Crippen LogP contribution in [0.4, 0.5) is 8.78 Å². The van der Waals surface area contributed by atoms with Crippen LogP contribution in [0.2, 0.25) is 0 Å². The fourth-order valence-electron chi connectivity index (χ4n) is 1.94. The summed E-state index contributed by atoms with van der Waals surface area (Å²) < 4.78 is 34.9. The molecule has 0 N–H and O–H groups in total. The van der Waals surface area contributed by atoms with Crippen molar-refractivity contribution in [2.24, 2.45) is 0 Å². The van der Waals surface area contributed by atoms with Gasteiger partial charge in [0, 0.05) is 18.0 Å². The molecule has 1 aromatic carbocycles. The molecule has 19 heavy (non-hydrogen) atoms. The van der Waals surface area contributed by atoms with Gasteiger partial charge in [0.25, 0.3) is 0 Å². The second kappa shape index (κ2) is 4.68. The monoisotopic (exact) mass is 260 g/mol. The predicted octanol–water partition coefficient (Wildman–Crippen LogP) is 3.47. The van der Waals surface area contributed by atoms with Crippen molar-refractivity contribution in [1.82, 2.24) is 9.55 Å². The maximum atomic E-state index is 14.4. The van der Waals surface area contributed by atoms with Gasteiger partial charge < -0.3 is 8.98 Å². The SMILES string of the molecule is Fc1ccc(Cn2ccnc2)c(F)c1-c1ccco1. The Morgan fingerprint density at radius 2 is 2.11 bits per heavy atom. The first-order chi connectivity index (χ1) is 9.25. The standard InChI is InChI=1S/C14H10F2N2O/c15-11-4-3-10(8-18-6-5-17-9-18)14(16)13(11)12-2-1-7-19-12/h1-7,9H,8H2. The van der Waals surface area contributed by atoms with E-state index in [4.69, 9.17) is 4.42 Å². The Hall–Kier alpha value is -2.43. The van der Waals surface area contributed by atoms with E-state index in [1.54, 1.807) is 29.4 Å². The maximum absolute atomic E-state index is 14.4. The number of hydrogen-bond donors (Lipinski definition) is 0. The molecule has 0 fully saturated rings. The molecule has 3 rings (SSSR count). The lowest BCUT2D eigenvalue weighted by molar-refractivity contribution is 0.540. The Morgan fingerprint density at radius 3 is 2.79 bits per heavy atom. The molecule has 0 spiro atoms. The van der Waals surface area contributed by atoms with Crippen molar-refractivity contribution in [2.75, 3.05) is 0 Å². The van der Waals surface area contributed by atoms with Gasteiger partial charge in [-0.05, 0) is 18.2 Å². The van der Waals surface area contributed by atoms with E-state index in [1.807, 2.05) is 0 Å². The average molecular weight is 260 g/mol. The van der Waals surface area contributed by atoms with E-state index in [-0.39, 0.29) is 11.3 Å². The number of aromatic nitrogens is 2. The van der Waals surface area contributed by atoms with Crippen molar-refractivity contribution in [3.8, 4) is 11.3 Å². The van der Waals surface area contributed by atoms with Crippen molar-refractivity contribution in [1.29, 1.82) is 0 Å². The number of rotatable bonds is 3. The summed E-state index contributed by atoms with van der Waals surface area (Å²) in [4.78, 5) is 3.89. The van der Waals surface area contributed by atoms with E-state index in [9.17, 15) is 8.78 Å². The summed E-state index contributed by atoms with van der Waals surface area (Å²) in [7, 11) is 0. The molecule has 0 saturated heterocycles. The molecule has 0 amide bonds. The highest BCUT2D eigenvalue weighted by Crippen LogP contribution is 2.28. The minimum atomic E-state index is -0.637. The molecule has 96 valence electrons. The molecular formula is C14H10F2N2O. The average Bonchev–Trinajstić information content (AvgIpc) is 3.06. The van der Waals surface area contributed by atoms with Crippen LogP contribution in [0.15, 0.2) is 53.7 Å². The number of imidazole rings is 1. The molecule has 0 bridgehead atoms. The highest BCUT2D eigenvalue weighted by atomic mass is 19.1. The number of benzene rings is 1. The van der Waals surface area contributed by atoms with E-state index >= 15 is 0 Å². The van der Waals surface area contributed by atoms with Gasteiger partial charge in [-0.15, -0.1) is 0 Å². The molecule has 2 aromatic heterocycles. The predicted molar refractivity (Wildman–Crippen MR) is 65.4 cm³/mol. The van der Waals surface area contributed by atoms with Crippen LogP contribution in [0.5, 0.6) is 0 Å². The number of furan rings is 1. The molecule has 0 aliphatic heterocycles. The van der Waals surface area contributed by atoms with Gasteiger partial charge in [0.2, 0.25) is 0 Å². The van der Waals surface area contributed by atoms with Gasteiger partial charge in [-0.2, -0.15) is 0 Å². The van der Waals surface area contributed by atoms with E-state index in [0.717, 1.165) is 0 Å². The smallest absolute Gasteiger partial charge is 0.142 e. The van der Waals surface area contributed by atoms with E-state index < -0.39 is 11.6 Å². The zero-order chi connectivity index (χ0) is 13.2. The summed E-state index contributed by atoms with van der Waals surface area (Å²) in [5.74, 6) is -1.06. The Kier molecular flexibility index (Phi) is 2.87. The van der Waals surface area contributed by atoms with Gasteiger partial charge in [-0.1, -0.05) is 6.07 Å². The normalized spacial score (nSPS) is 10.8. The zero-order valence-corrected chi connectivity index (χ0v) is 9.88. The third kappa shape index (κ3) is 2.14. The van der Waals surface area contributed by atoms with Crippen LogP contribution in [-0.2, 0) is 6.54 Å². The molecule has 0 atom stereocenters. The quantitative estimate of drug-likeness (QED) is 0.722. The van der Waals surface area contributed by atoms with E-state index in [2.05, 4.69) is 4.98 Å². The highest BCUT2D eigenvalue weighted by Gasteiger charge is 2.17. The van der Waals surface area contributed by atoms with Crippen LogP contribution in [-0.4, -0.2) is 9.55 Å². The minimum Gasteiger partial charge on any atom is -0.464 e. The maximum Gasteiger partial charge on any atom is 0.142 e. The third-order valence-corrected chi connectivity index (χ3v) is 2.85. The van der Waals surface area contributed by atoms with Crippen molar-refractivity contribution >= 4 is 0 Å². The molecule has 0 aliphatic carbocycles. The Balaban J connectivity index is 2.06. The lowest BCUT2D eigenvalue weighted by Crippen LogP contribution is -2.02. The molecule has 3 aromatic rings. The van der Waals surface area contributed by atoms with Crippen LogP contribution in [0, 0.1) is 11.6 Å². The third-order valence-electron chi connectivity index (χ3n) is 2.85. The lowest BCUT2D eigenvalue weighted by Gasteiger charge is -2.08. The largest absolute Gasteiger partial charge is 0.464 e. The summed E-state index contributed by atoms with van der Waals surface area (Å²) >= 11 is 0. The van der Waals surface area contributed by atoms with Gasteiger partial charge in [0.1, 0.15) is 17.4 Å². The topological polar surface area (TPSA) is 31.0 Å². The zero-order valence-electron chi connectivity index (χ0n) is 9.88. The van der Waals surface area contributed by atoms with Crippen LogP contribution in [0.25, 0.3) is 11.3 Å². The van der Waals surface area contributed by atoms with Crippen LogP contribution >= 0.6 is 0 Å². The summed E-state index contributed by atoms with van der Waals surface area (Å²) in [6.45, 7) is 0.291. The Morgan fingerprint density at radius 1 is 1.21 bits per heavy atom. The van der Waals surface area contributed by atoms with E-state index in [0.29, 0.717) is 12.1 Å². The summed E-state index contributed by atoms with van der Waals surface area (Å²) in [5, 5.41) is 0. The second-order valence-corrected chi connectivity index (χ2v) is 4.11. The van der Waals surface area contributed by atoms with Gasteiger partial charge in [-0.25, -0.2) is 13.8 Å². The summed E-state index contributed by atoms with van der Waals surface area (Å²) in [6, 6.07) is 5.80. The first-order valence-electron chi connectivity index (χ1n) is 5.72. The van der Waals surface area contributed by atoms with Gasteiger partial charge in [-0.3, -0.25) is 0 Å². The number of nitrogens with zero attached hydrogens (tertiary/aromatic N) is 2. The fourth-order valence-corrected chi connectivity index (χ4v) is 1.94. The Labute approximate surface area is 108 Å². The van der Waals surface area contributed by atoms with Crippen molar-refractivity contribution in [3.63, 3.8) is 0 Å². The van der Waals surface area contributed by atoms with Crippen molar-refractivity contribution in [2.45, 2.75) is 6.54 Å². The van der Waals surface area contributed by atoms with E-state index in [1.165, 1.54) is 24.5 Å². The number of halogens is 2. The first kappa shape index (κ1) is 11.6. The molecule has 3 nitrogen and oxygen atoms in total. The van der Waals surface area contributed by atoms with Crippen molar-refractivity contribution in [3.05, 3.63) is 66.4 Å². The molecule has 0 radical (unpaired) electrons. The van der Waals surface area contributed by atoms with Crippen molar-refractivity contribution < 1.29 is 13.2 Å². The van der Waals surface area contributed by atoms with Crippen LogP contribution < -0.4 is 0 Å². The van der Waals surface area contributed by atoms with Gasteiger partial charge in [0.05, 0.1) is 24.7 Å². The number of hydrogen-bond acceptors (Lipinski definition) is 2. The van der Waals surface area contributed by atoms with Gasteiger partial charge in [0.15, 0.2) is 0 Å². The summed E-state index contributed by atoms with van der Waals surface area (Å²) in [6.07, 6.45) is 6.29. The van der Waals surface area contributed by atoms with Gasteiger partial charge >= 0.3 is 0 Å². The molecule has 0 aliphatic rings. The van der Waals surface area contributed by atoms with Crippen LogP contribution in [0.1, 0.15) is 5.56 Å². The first-order valence-corrected chi connectivity index (χ1v) is 5.72. The van der Waals surface area contributed by atoms with Crippen LogP contribution in [0.3, 0.4) is 0 Å². The highest BCUT2D eigenvalue weighted by molar-refractivity contribution is 5.60. The fraction of sp³-hybridized carbons (Fsp3) is 0.0714.